The standard InChI is InChI=1S/C23H36FN3O4/c1-23(2,15-30-4)27(3)21(28)14-25-19-8-6-16(7-9-19)13-26-22(29)17-10-18(24)12-20(11-17)31-5/h10-12,16,19,25H,6-9,13-15H2,1-5H3,(H,26,29)/t16-,19-. The quantitative estimate of drug-likeness (QED) is 0.588. The fourth-order valence-corrected chi connectivity index (χ4v) is 3.86. The summed E-state index contributed by atoms with van der Waals surface area (Å²) in [5.74, 6) is -0.0619. The maximum atomic E-state index is 13.6. The van der Waals surface area contributed by atoms with E-state index < -0.39 is 5.82 Å². The van der Waals surface area contributed by atoms with E-state index in [2.05, 4.69) is 10.6 Å². The number of ether oxygens (including phenoxy) is 2. The Hall–Kier alpha value is -2.19. The summed E-state index contributed by atoms with van der Waals surface area (Å²) in [6, 6.07) is 4.27. The first-order valence-corrected chi connectivity index (χ1v) is 10.8. The molecule has 1 saturated carbocycles. The molecule has 0 aromatic heterocycles. The van der Waals surface area contributed by atoms with Gasteiger partial charge in [0.15, 0.2) is 0 Å². The molecule has 0 spiro atoms. The Kier molecular flexibility index (Phi) is 9.25. The highest BCUT2D eigenvalue weighted by atomic mass is 19.1. The van der Waals surface area contributed by atoms with E-state index in [-0.39, 0.29) is 22.9 Å². The van der Waals surface area contributed by atoms with Crippen LogP contribution in [-0.2, 0) is 9.53 Å². The van der Waals surface area contributed by atoms with Gasteiger partial charge in [-0.3, -0.25) is 9.59 Å². The molecule has 1 aromatic rings. The Bertz CT molecular complexity index is 748. The molecule has 0 atom stereocenters. The fourth-order valence-electron chi connectivity index (χ4n) is 3.86. The van der Waals surface area contributed by atoms with Gasteiger partial charge in [0.2, 0.25) is 5.91 Å². The van der Waals surface area contributed by atoms with Crippen molar-refractivity contribution in [1.82, 2.24) is 15.5 Å². The van der Waals surface area contributed by atoms with Gasteiger partial charge in [0.05, 0.1) is 25.8 Å². The summed E-state index contributed by atoms with van der Waals surface area (Å²) in [4.78, 5) is 26.6. The molecule has 2 amide bonds. The lowest BCUT2D eigenvalue weighted by atomic mass is 9.86. The first-order valence-electron chi connectivity index (χ1n) is 10.8. The molecule has 0 unspecified atom stereocenters. The first-order chi connectivity index (χ1) is 14.7. The summed E-state index contributed by atoms with van der Waals surface area (Å²) < 4.78 is 23.8. The smallest absolute Gasteiger partial charge is 0.251 e. The summed E-state index contributed by atoms with van der Waals surface area (Å²) in [7, 11) is 4.88. The Morgan fingerprint density at radius 2 is 1.84 bits per heavy atom. The molecule has 1 aromatic carbocycles. The summed E-state index contributed by atoms with van der Waals surface area (Å²) in [5, 5.41) is 6.27. The summed E-state index contributed by atoms with van der Waals surface area (Å²) in [5.41, 5.74) is -0.0963. The van der Waals surface area contributed by atoms with E-state index in [1.54, 1.807) is 19.1 Å². The number of amides is 2. The predicted molar refractivity (Wildman–Crippen MR) is 118 cm³/mol. The van der Waals surface area contributed by atoms with Gasteiger partial charge in [-0.2, -0.15) is 0 Å². The molecule has 0 heterocycles. The average Bonchev–Trinajstić information content (AvgIpc) is 2.75. The number of hydrogen-bond donors (Lipinski definition) is 2. The van der Waals surface area contributed by atoms with Gasteiger partial charge in [-0.1, -0.05) is 0 Å². The highest BCUT2D eigenvalue weighted by molar-refractivity contribution is 5.94. The summed E-state index contributed by atoms with van der Waals surface area (Å²) >= 11 is 0. The zero-order valence-electron chi connectivity index (χ0n) is 19.3. The number of carbonyl (C=O) groups excluding carboxylic acids is 2. The van der Waals surface area contributed by atoms with Crippen LogP contribution in [0.15, 0.2) is 18.2 Å². The highest BCUT2D eigenvalue weighted by Gasteiger charge is 2.28. The van der Waals surface area contributed by atoms with Crippen molar-refractivity contribution in [2.24, 2.45) is 5.92 Å². The molecule has 2 N–H and O–H groups in total. The third-order valence-electron chi connectivity index (χ3n) is 6.09. The molecular formula is C23H36FN3O4. The molecule has 1 fully saturated rings. The van der Waals surface area contributed by atoms with E-state index in [1.807, 2.05) is 13.8 Å². The number of nitrogens with one attached hydrogen (secondary N) is 2. The normalized spacial score (nSPS) is 19.0. The molecule has 2 rings (SSSR count). The molecular weight excluding hydrogens is 401 g/mol. The van der Waals surface area contributed by atoms with Crippen molar-refractivity contribution in [2.75, 3.05) is 41.0 Å². The van der Waals surface area contributed by atoms with Crippen LogP contribution in [0.3, 0.4) is 0 Å². The van der Waals surface area contributed by atoms with Gasteiger partial charge >= 0.3 is 0 Å². The van der Waals surface area contributed by atoms with Gasteiger partial charge in [-0.05, 0) is 57.6 Å². The van der Waals surface area contributed by atoms with Crippen LogP contribution in [0.2, 0.25) is 0 Å². The molecule has 31 heavy (non-hydrogen) atoms. The number of halogens is 1. The number of hydrogen-bond acceptors (Lipinski definition) is 5. The van der Waals surface area contributed by atoms with Crippen molar-refractivity contribution >= 4 is 11.8 Å². The van der Waals surface area contributed by atoms with E-state index in [0.29, 0.717) is 37.4 Å². The third-order valence-corrected chi connectivity index (χ3v) is 6.09. The molecule has 7 nitrogen and oxygen atoms in total. The Balaban J connectivity index is 1.72. The van der Waals surface area contributed by atoms with E-state index in [1.165, 1.54) is 25.3 Å². The maximum Gasteiger partial charge on any atom is 0.251 e. The van der Waals surface area contributed by atoms with Crippen LogP contribution in [0.1, 0.15) is 49.9 Å². The number of carbonyl (C=O) groups is 2. The van der Waals surface area contributed by atoms with E-state index in [4.69, 9.17) is 9.47 Å². The fraction of sp³-hybridized carbons (Fsp3) is 0.652. The van der Waals surface area contributed by atoms with Crippen molar-refractivity contribution < 1.29 is 23.5 Å². The van der Waals surface area contributed by atoms with Gasteiger partial charge < -0.3 is 25.0 Å². The Morgan fingerprint density at radius 1 is 1.16 bits per heavy atom. The lowest BCUT2D eigenvalue weighted by Gasteiger charge is -2.36. The van der Waals surface area contributed by atoms with Gasteiger partial charge in [-0.15, -0.1) is 0 Å². The van der Waals surface area contributed by atoms with Crippen molar-refractivity contribution in [1.29, 1.82) is 0 Å². The topological polar surface area (TPSA) is 79.9 Å². The van der Waals surface area contributed by atoms with E-state index in [0.717, 1.165) is 25.7 Å². The second kappa shape index (κ2) is 11.4. The molecule has 0 saturated heterocycles. The van der Waals surface area contributed by atoms with Crippen molar-refractivity contribution in [3.63, 3.8) is 0 Å². The second-order valence-electron chi connectivity index (χ2n) is 8.89. The van der Waals surface area contributed by atoms with Crippen LogP contribution < -0.4 is 15.4 Å². The van der Waals surface area contributed by atoms with Crippen molar-refractivity contribution in [2.45, 2.75) is 51.1 Å². The average molecular weight is 438 g/mol. The third kappa shape index (κ3) is 7.47. The number of likely N-dealkylation sites (N-methyl/N-ethyl adjacent to an activating group) is 1. The van der Waals surface area contributed by atoms with Crippen LogP contribution in [0.25, 0.3) is 0 Å². The zero-order chi connectivity index (χ0) is 23.0. The van der Waals surface area contributed by atoms with Crippen molar-refractivity contribution in [3.05, 3.63) is 29.6 Å². The van der Waals surface area contributed by atoms with Gasteiger partial charge in [0.25, 0.3) is 5.91 Å². The van der Waals surface area contributed by atoms with Crippen LogP contribution in [0.5, 0.6) is 5.75 Å². The lowest BCUT2D eigenvalue weighted by molar-refractivity contribution is -0.135. The SMILES string of the molecule is COCC(C)(C)N(C)C(=O)CN[C@H]1CC[C@H](CNC(=O)c2cc(F)cc(OC)c2)CC1. The molecule has 8 heteroatoms. The second-order valence-corrected chi connectivity index (χ2v) is 8.89. The zero-order valence-corrected chi connectivity index (χ0v) is 19.3. The predicted octanol–water partition coefficient (Wildman–Crippen LogP) is 2.60. The van der Waals surface area contributed by atoms with Crippen LogP contribution in [0, 0.1) is 11.7 Å². The summed E-state index contributed by atoms with van der Waals surface area (Å²) in [6.45, 7) is 5.30. The van der Waals surface area contributed by atoms with Gasteiger partial charge in [0.1, 0.15) is 11.6 Å². The molecule has 1 aliphatic carbocycles. The van der Waals surface area contributed by atoms with Gasteiger partial charge in [0, 0.05) is 38.4 Å². The van der Waals surface area contributed by atoms with Crippen LogP contribution >= 0.6 is 0 Å². The molecule has 0 aliphatic heterocycles. The number of rotatable bonds is 10. The van der Waals surface area contributed by atoms with E-state index in [9.17, 15) is 14.0 Å². The first kappa shape index (κ1) is 25.1. The largest absolute Gasteiger partial charge is 0.497 e. The minimum absolute atomic E-state index is 0.0435. The number of methoxy groups -OCH3 is 2. The number of benzene rings is 1. The summed E-state index contributed by atoms with van der Waals surface area (Å²) in [6.07, 6.45) is 3.83. The van der Waals surface area contributed by atoms with Crippen molar-refractivity contribution in [3.8, 4) is 5.75 Å². The maximum absolute atomic E-state index is 13.6. The Labute approximate surface area is 184 Å². The molecule has 1 aliphatic rings. The monoisotopic (exact) mass is 437 g/mol. The minimum Gasteiger partial charge on any atom is -0.497 e. The van der Waals surface area contributed by atoms with Crippen LogP contribution in [-0.4, -0.2) is 69.3 Å². The highest BCUT2D eigenvalue weighted by Crippen LogP contribution is 2.24. The van der Waals surface area contributed by atoms with Crippen LogP contribution in [0.4, 0.5) is 4.39 Å². The number of nitrogens with zero attached hydrogens (tertiary/aromatic N) is 1. The van der Waals surface area contributed by atoms with E-state index >= 15 is 0 Å². The molecule has 0 radical (unpaired) electrons. The van der Waals surface area contributed by atoms with Gasteiger partial charge in [-0.25, -0.2) is 4.39 Å². The minimum atomic E-state index is -0.498. The molecule has 0 bridgehead atoms. The lowest BCUT2D eigenvalue weighted by Crippen LogP contribution is -2.51. The Morgan fingerprint density at radius 3 is 2.45 bits per heavy atom. The molecule has 174 valence electrons.